The minimum absolute atomic E-state index is 0.0158. The van der Waals surface area contributed by atoms with Crippen molar-refractivity contribution in [3.63, 3.8) is 0 Å². The van der Waals surface area contributed by atoms with Crippen LogP contribution in [0.3, 0.4) is 0 Å². The molecule has 2 aromatic carbocycles. The fourth-order valence-electron chi connectivity index (χ4n) is 12.3. The zero-order chi connectivity index (χ0) is 39.8. The summed E-state index contributed by atoms with van der Waals surface area (Å²) in [4.78, 5) is 3.06. The summed E-state index contributed by atoms with van der Waals surface area (Å²) >= 11 is 0. The summed E-state index contributed by atoms with van der Waals surface area (Å²) in [6.07, 6.45) is 17.4. The molecule has 0 radical (unpaired) electrons. The van der Waals surface area contributed by atoms with Gasteiger partial charge in [-0.05, 0) is 128 Å². The number of hydrogen-bond donors (Lipinski definition) is 8. The normalized spacial score (nSPS) is 31.0. The first-order valence-electron chi connectivity index (χ1n) is 22.0. The second kappa shape index (κ2) is 17.1. The standard InChI is InChI=1S/C47H65NO9/c1-56-46-36(20-27-15-19-48-25-27)43(37(26-49)44(53)45(46)54)42-24-40(52)33-12-9-31(23-41(33)57-42)30-10-13-38(50)35(22-30)34-21-29(28-6-2-3-7-28)8-11-32(34)39(51)14-18-47(55)16-4-5-17-47/h10,13,15,19,22,25,28-29,31-34,39-42,48-55H,2-9,11-12,14,16-18,20-21,23-24,26H2,1H3. The van der Waals surface area contributed by atoms with Gasteiger partial charge in [0.05, 0.1) is 43.7 Å². The largest absolute Gasteiger partial charge is 0.508 e. The average Bonchev–Trinajstić information content (AvgIpc) is 4.03. The number of ether oxygens (including phenoxy) is 2. The lowest BCUT2D eigenvalue weighted by Crippen LogP contribution is -2.44. The third-order valence-corrected chi connectivity index (χ3v) is 15.4. The summed E-state index contributed by atoms with van der Waals surface area (Å²) < 4.78 is 12.6. The van der Waals surface area contributed by atoms with Gasteiger partial charge in [-0.25, -0.2) is 0 Å². The fraction of sp³-hybridized carbons (Fsp3) is 0.660. The lowest BCUT2D eigenvalue weighted by Gasteiger charge is -2.46. The first-order valence-corrected chi connectivity index (χ1v) is 22.0. The van der Waals surface area contributed by atoms with E-state index in [-0.39, 0.29) is 53.3 Å². The molecule has 1 aromatic heterocycles. The predicted octanol–water partition coefficient (Wildman–Crippen LogP) is 8.13. The van der Waals surface area contributed by atoms with Gasteiger partial charge in [-0.1, -0.05) is 50.7 Å². The number of hydrogen-bond acceptors (Lipinski definition) is 9. The third kappa shape index (κ3) is 8.19. The number of fused-ring (bicyclic) bond motifs is 1. The van der Waals surface area contributed by atoms with E-state index in [1.165, 1.54) is 32.8 Å². The summed E-state index contributed by atoms with van der Waals surface area (Å²) in [5.74, 6) is 0.895. The van der Waals surface area contributed by atoms with Gasteiger partial charge in [-0.3, -0.25) is 0 Å². The second-order valence-corrected chi connectivity index (χ2v) is 18.5. The van der Waals surface area contributed by atoms with Crippen LogP contribution in [0.25, 0.3) is 0 Å². The lowest BCUT2D eigenvalue weighted by atomic mass is 9.64. The van der Waals surface area contributed by atoms with E-state index in [1.54, 1.807) is 0 Å². The molecule has 0 amide bonds. The molecule has 57 heavy (non-hydrogen) atoms. The van der Waals surface area contributed by atoms with E-state index in [2.05, 4.69) is 11.1 Å². The molecule has 5 aliphatic rings. The Labute approximate surface area is 337 Å². The van der Waals surface area contributed by atoms with Gasteiger partial charge in [0.2, 0.25) is 5.75 Å². The number of nitrogens with one attached hydrogen (secondary N) is 1. The number of methoxy groups -OCH3 is 1. The molecule has 2 heterocycles. The molecule has 9 unspecified atom stereocenters. The lowest BCUT2D eigenvalue weighted by molar-refractivity contribution is -0.154. The van der Waals surface area contributed by atoms with Crippen molar-refractivity contribution in [1.29, 1.82) is 0 Å². The maximum Gasteiger partial charge on any atom is 0.201 e. The molecule has 5 fully saturated rings. The van der Waals surface area contributed by atoms with Crippen molar-refractivity contribution in [2.75, 3.05) is 7.11 Å². The summed E-state index contributed by atoms with van der Waals surface area (Å²) in [7, 11) is 1.44. The highest BCUT2D eigenvalue weighted by Crippen LogP contribution is 2.54. The molecular weight excluding hydrogens is 723 g/mol. The van der Waals surface area contributed by atoms with Crippen molar-refractivity contribution in [3.8, 4) is 23.0 Å². The molecule has 9 atom stereocenters. The highest BCUT2D eigenvalue weighted by molar-refractivity contribution is 5.64. The summed E-state index contributed by atoms with van der Waals surface area (Å²) in [6, 6.07) is 7.99. The van der Waals surface area contributed by atoms with Crippen LogP contribution in [0.1, 0.15) is 160 Å². The highest BCUT2D eigenvalue weighted by atomic mass is 16.5. The van der Waals surface area contributed by atoms with Crippen molar-refractivity contribution in [3.05, 3.63) is 70.0 Å². The van der Waals surface area contributed by atoms with E-state index in [0.717, 1.165) is 74.5 Å². The topological polar surface area (TPSA) is 176 Å². The molecule has 1 saturated heterocycles. The van der Waals surface area contributed by atoms with E-state index >= 15 is 0 Å². The quantitative estimate of drug-likeness (QED) is 0.0843. The zero-order valence-electron chi connectivity index (χ0n) is 33.6. The number of aromatic nitrogens is 1. The van der Waals surface area contributed by atoms with Gasteiger partial charge < -0.3 is 50.2 Å². The van der Waals surface area contributed by atoms with Crippen LogP contribution in [-0.4, -0.2) is 71.8 Å². The molecule has 8 N–H and O–H groups in total. The molecule has 312 valence electrons. The number of aromatic hydroxyl groups is 3. The molecular formula is C47H65NO9. The van der Waals surface area contributed by atoms with Gasteiger partial charge in [-0.2, -0.15) is 0 Å². The first-order chi connectivity index (χ1) is 27.6. The number of aliphatic hydroxyl groups excluding tert-OH is 3. The smallest absolute Gasteiger partial charge is 0.201 e. The second-order valence-electron chi connectivity index (χ2n) is 18.5. The van der Waals surface area contributed by atoms with Crippen LogP contribution in [0, 0.1) is 23.7 Å². The number of benzene rings is 2. The van der Waals surface area contributed by atoms with Crippen molar-refractivity contribution >= 4 is 0 Å². The van der Waals surface area contributed by atoms with Gasteiger partial charge >= 0.3 is 0 Å². The van der Waals surface area contributed by atoms with Crippen LogP contribution >= 0.6 is 0 Å². The molecule has 0 bridgehead atoms. The van der Waals surface area contributed by atoms with E-state index in [9.17, 15) is 35.7 Å². The van der Waals surface area contributed by atoms with Gasteiger partial charge in [0, 0.05) is 42.3 Å². The monoisotopic (exact) mass is 787 g/mol. The summed E-state index contributed by atoms with van der Waals surface area (Å²) in [5.41, 5.74) is 3.62. The Morgan fingerprint density at radius 3 is 2.40 bits per heavy atom. The predicted molar refractivity (Wildman–Crippen MR) is 216 cm³/mol. The minimum Gasteiger partial charge on any atom is -0.508 e. The molecule has 1 aliphatic heterocycles. The van der Waals surface area contributed by atoms with Gasteiger partial charge in [0.15, 0.2) is 11.5 Å². The SMILES string of the molecule is COc1c(O)c(O)c(CO)c(C2CC(O)C3CCC(c4ccc(O)c(C5CC(C6CCCC6)CCC5C(O)CCC5(O)CCCC5)c4)CC3O2)c1Cc1cc[nH]c1. The molecule has 0 spiro atoms. The molecule has 10 heteroatoms. The highest BCUT2D eigenvalue weighted by Gasteiger charge is 2.45. The third-order valence-electron chi connectivity index (χ3n) is 15.4. The molecule has 3 aromatic rings. The number of phenolic OH excluding ortho intramolecular Hbond substituents is 2. The summed E-state index contributed by atoms with van der Waals surface area (Å²) in [5, 5.41) is 78.8. The maximum atomic E-state index is 11.8. The van der Waals surface area contributed by atoms with Crippen LogP contribution in [0.2, 0.25) is 0 Å². The Kier molecular flexibility index (Phi) is 12.2. The number of aliphatic hydroxyl groups is 4. The van der Waals surface area contributed by atoms with Crippen molar-refractivity contribution in [2.24, 2.45) is 23.7 Å². The Balaban J connectivity index is 1.06. The van der Waals surface area contributed by atoms with E-state index < -0.39 is 42.0 Å². The van der Waals surface area contributed by atoms with Crippen molar-refractivity contribution in [2.45, 2.75) is 164 Å². The molecule has 10 nitrogen and oxygen atoms in total. The van der Waals surface area contributed by atoms with Crippen LogP contribution in [0.15, 0.2) is 36.7 Å². The average molecular weight is 788 g/mol. The Morgan fingerprint density at radius 2 is 1.68 bits per heavy atom. The van der Waals surface area contributed by atoms with E-state index in [0.29, 0.717) is 48.6 Å². The Bertz CT molecular complexity index is 1820. The van der Waals surface area contributed by atoms with Crippen LogP contribution in [0.4, 0.5) is 0 Å². The van der Waals surface area contributed by atoms with E-state index in [1.807, 2.05) is 30.6 Å². The van der Waals surface area contributed by atoms with Crippen molar-refractivity contribution in [1.82, 2.24) is 4.98 Å². The molecule has 8 rings (SSSR count). The summed E-state index contributed by atoms with van der Waals surface area (Å²) in [6.45, 7) is -0.527. The van der Waals surface area contributed by atoms with E-state index in [4.69, 9.17) is 9.47 Å². The Morgan fingerprint density at radius 1 is 0.895 bits per heavy atom. The number of H-pyrrole nitrogens is 1. The van der Waals surface area contributed by atoms with Crippen LogP contribution in [-0.2, 0) is 17.8 Å². The van der Waals surface area contributed by atoms with Crippen LogP contribution < -0.4 is 4.74 Å². The minimum atomic E-state index is -0.669. The van der Waals surface area contributed by atoms with Gasteiger partial charge in [0.25, 0.3) is 0 Å². The number of phenols is 3. The van der Waals surface area contributed by atoms with Crippen LogP contribution in [0.5, 0.6) is 23.0 Å². The Hall–Kier alpha value is -3.28. The van der Waals surface area contributed by atoms with Gasteiger partial charge in [-0.15, -0.1) is 0 Å². The number of aromatic amines is 1. The fourth-order valence-corrected chi connectivity index (χ4v) is 12.3. The number of rotatable bonds is 12. The zero-order valence-corrected chi connectivity index (χ0v) is 33.6. The maximum absolute atomic E-state index is 11.8. The molecule has 4 aliphatic carbocycles. The van der Waals surface area contributed by atoms with Crippen molar-refractivity contribution < 1.29 is 45.2 Å². The first kappa shape index (κ1) is 40.5. The molecule has 4 saturated carbocycles. The van der Waals surface area contributed by atoms with Gasteiger partial charge in [0.1, 0.15) is 5.75 Å².